The minimum atomic E-state index is -0.416. The van der Waals surface area contributed by atoms with Crippen molar-refractivity contribution in [3.63, 3.8) is 0 Å². The summed E-state index contributed by atoms with van der Waals surface area (Å²) in [7, 11) is 0. The molecule has 112 valence electrons. The molecule has 1 atom stereocenters. The molecule has 0 aliphatic carbocycles. The average Bonchev–Trinajstić information content (AvgIpc) is 2.81. The van der Waals surface area contributed by atoms with Gasteiger partial charge in [-0.1, -0.05) is 0 Å². The van der Waals surface area contributed by atoms with E-state index in [4.69, 9.17) is 15.2 Å². The number of nitrogens with two attached hydrogens (primary N) is 1. The van der Waals surface area contributed by atoms with Crippen LogP contribution in [0.2, 0.25) is 0 Å². The second kappa shape index (κ2) is 6.90. The zero-order chi connectivity index (χ0) is 14.5. The molecule has 1 aliphatic heterocycles. The van der Waals surface area contributed by atoms with Crippen LogP contribution < -0.4 is 11.1 Å². The quantitative estimate of drug-likeness (QED) is 0.810. The number of anilines is 2. The molecule has 1 aliphatic rings. The molecular formula is C13H21N3O3S. The first kappa shape index (κ1) is 15.1. The molecule has 1 aromatic heterocycles. The Bertz CT molecular complexity index is 458. The number of rotatable bonds is 5. The van der Waals surface area contributed by atoms with E-state index in [1.807, 2.05) is 0 Å². The highest BCUT2D eigenvalue weighted by Crippen LogP contribution is 2.30. The Balaban J connectivity index is 2.06. The number of nitrogen functional groups attached to an aromatic ring is 1. The smallest absolute Gasteiger partial charge is 0.344 e. The molecule has 3 N–H and O–H groups in total. The van der Waals surface area contributed by atoms with E-state index >= 15 is 0 Å². The van der Waals surface area contributed by atoms with Crippen molar-refractivity contribution in [1.82, 2.24) is 4.37 Å². The highest BCUT2D eigenvalue weighted by molar-refractivity contribution is 7.11. The largest absolute Gasteiger partial charge is 0.462 e. The van der Waals surface area contributed by atoms with Crippen LogP contribution in [0.1, 0.15) is 37.0 Å². The molecule has 0 bridgehead atoms. The van der Waals surface area contributed by atoms with Crippen LogP contribution in [0.5, 0.6) is 0 Å². The van der Waals surface area contributed by atoms with Gasteiger partial charge in [0.2, 0.25) is 0 Å². The van der Waals surface area contributed by atoms with E-state index in [2.05, 4.69) is 16.6 Å². The van der Waals surface area contributed by atoms with E-state index in [1.54, 1.807) is 6.92 Å². The van der Waals surface area contributed by atoms with Crippen LogP contribution in [-0.4, -0.2) is 36.2 Å². The lowest BCUT2D eigenvalue weighted by molar-refractivity contribution is 0.0528. The van der Waals surface area contributed by atoms with Gasteiger partial charge in [0.25, 0.3) is 0 Å². The summed E-state index contributed by atoms with van der Waals surface area (Å²) in [6.07, 6.45) is 2.05. The first-order valence-electron chi connectivity index (χ1n) is 6.90. The Kier molecular flexibility index (Phi) is 5.19. The topological polar surface area (TPSA) is 86.5 Å². The number of carbonyl (C=O) groups excluding carboxylic acids is 1. The number of aromatic nitrogens is 1. The van der Waals surface area contributed by atoms with E-state index in [9.17, 15) is 4.79 Å². The number of ether oxygens (including phenoxy) is 2. The van der Waals surface area contributed by atoms with Gasteiger partial charge in [-0.15, -0.1) is 0 Å². The van der Waals surface area contributed by atoms with Crippen LogP contribution in [0.3, 0.4) is 0 Å². The van der Waals surface area contributed by atoms with Crippen molar-refractivity contribution < 1.29 is 14.3 Å². The van der Waals surface area contributed by atoms with Crippen molar-refractivity contribution in [3.05, 3.63) is 5.56 Å². The SMILES string of the molecule is CCOC(=O)c1c(N)nsc1NC(C)C1CCOCC1. The van der Waals surface area contributed by atoms with Crippen molar-refractivity contribution in [1.29, 1.82) is 0 Å². The van der Waals surface area contributed by atoms with E-state index in [0.717, 1.165) is 26.1 Å². The first-order valence-corrected chi connectivity index (χ1v) is 7.67. The van der Waals surface area contributed by atoms with Crippen LogP contribution in [-0.2, 0) is 9.47 Å². The molecular weight excluding hydrogens is 278 g/mol. The van der Waals surface area contributed by atoms with E-state index in [1.165, 1.54) is 11.5 Å². The van der Waals surface area contributed by atoms with Gasteiger partial charge in [-0.05, 0) is 44.1 Å². The number of hydrogen-bond acceptors (Lipinski definition) is 7. The molecule has 0 spiro atoms. The lowest BCUT2D eigenvalue weighted by Gasteiger charge is -2.28. The summed E-state index contributed by atoms with van der Waals surface area (Å²) in [6, 6.07) is 0.243. The van der Waals surface area contributed by atoms with E-state index < -0.39 is 5.97 Å². The molecule has 2 rings (SSSR count). The molecule has 0 amide bonds. The predicted molar refractivity (Wildman–Crippen MR) is 79.1 cm³/mol. The maximum Gasteiger partial charge on any atom is 0.344 e. The van der Waals surface area contributed by atoms with E-state index in [0.29, 0.717) is 23.1 Å². The van der Waals surface area contributed by atoms with Crippen molar-refractivity contribution in [2.75, 3.05) is 30.9 Å². The molecule has 0 radical (unpaired) electrons. The normalized spacial score (nSPS) is 17.7. The molecule has 7 heteroatoms. The van der Waals surface area contributed by atoms with Gasteiger partial charge in [-0.2, -0.15) is 4.37 Å². The number of carbonyl (C=O) groups is 1. The summed E-state index contributed by atoms with van der Waals surface area (Å²) in [5, 5.41) is 4.05. The molecule has 1 unspecified atom stereocenters. The van der Waals surface area contributed by atoms with Crippen LogP contribution in [0.25, 0.3) is 0 Å². The summed E-state index contributed by atoms with van der Waals surface area (Å²) >= 11 is 1.20. The Morgan fingerprint density at radius 1 is 1.60 bits per heavy atom. The first-order chi connectivity index (χ1) is 9.63. The number of esters is 1. The lowest BCUT2D eigenvalue weighted by atomic mass is 9.93. The van der Waals surface area contributed by atoms with Gasteiger partial charge < -0.3 is 20.5 Å². The number of nitrogens with one attached hydrogen (secondary N) is 1. The van der Waals surface area contributed by atoms with Gasteiger partial charge in [0.1, 0.15) is 10.6 Å². The minimum absolute atomic E-state index is 0.232. The number of hydrogen-bond donors (Lipinski definition) is 2. The zero-order valence-corrected chi connectivity index (χ0v) is 12.7. The second-order valence-corrected chi connectivity index (χ2v) is 5.65. The van der Waals surface area contributed by atoms with Gasteiger partial charge in [0.05, 0.1) is 6.61 Å². The molecule has 0 saturated carbocycles. The molecule has 0 aromatic carbocycles. The third kappa shape index (κ3) is 3.40. The lowest BCUT2D eigenvalue weighted by Crippen LogP contribution is -2.31. The van der Waals surface area contributed by atoms with Gasteiger partial charge in [-0.25, -0.2) is 4.79 Å². The van der Waals surface area contributed by atoms with Gasteiger partial charge in [0.15, 0.2) is 5.82 Å². The van der Waals surface area contributed by atoms with E-state index in [-0.39, 0.29) is 11.9 Å². The standard InChI is InChI=1S/C13H21N3O3S/c1-3-19-13(17)10-11(14)16-20-12(10)15-8(2)9-4-6-18-7-5-9/h8-9,15H,3-7H2,1-2H3,(H2,14,16). The Hall–Kier alpha value is -1.34. The van der Waals surface area contributed by atoms with Crippen LogP contribution in [0, 0.1) is 5.92 Å². The zero-order valence-electron chi connectivity index (χ0n) is 11.8. The maximum absolute atomic E-state index is 11.9. The van der Waals surface area contributed by atoms with Gasteiger partial charge >= 0.3 is 5.97 Å². The van der Waals surface area contributed by atoms with Crippen molar-refractivity contribution in [3.8, 4) is 0 Å². The molecule has 20 heavy (non-hydrogen) atoms. The molecule has 1 saturated heterocycles. The van der Waals surface area contributed by atoms with Crippen molar-refractivity contribution >= 4 is 28.3 Å². The van der Waals surface area contributed by atoms with Crippen LogP contribution >= 0.6 is 11.5 Å². The predicted octanol–water partition coefficient (Wildman–Crippen LogP) is 2.13. The van der Waals surface area contributed by atoms with Gasteiger partial charge in [0, 0.05) is 19.3 Å². The average molecular weight is 299 g/mol. The third-order valence-electron chi connectivity index (χ3n) is 3.53. The summed E-state index contributed by atoms with van der Waals surface area (Å²) in [6.45, 7) is 5.80. The fourth-order valence-electron chi connectivity index (χ4n) is 2.34. The monoisotopic (exact) mass is 299 g/mol. The molecule has 1 fully saturated rings. The molecule has 2 heterocycles. The summed E-state index contributed by atoms with van der Waals surface area (Å²) in [5.41, 5.74) is 6.12. The Labute approximate surface area is 122 Å². The highest BCUT2D eigenvalue weighted by Gasteiger charge is 2.25. The third-order valence-corrected chi connectivity index (χ3v) is 4.32. The maximum atomic E-state index is 11.9. The Morgan fingerprint density at radius 3 is 2.95 bits per heavy atom. The summed E-state index contributed by atoms with van der Waals surface area (Å²) in [5.74, 6) is 0.345. The fraction of sp³-hybridized carbons (Fsp3) is 0.692. The highest BCUT2D eigenvalue weighted by atomic mass is 32.1. The van der Waals surface area contributed by atoms with Crippen LogP contribution in [0.15, 0.2) is 0 Å². The fourth-order valence-corrected chi connectivity index (χ4v) is 3.14. The Morgan fingerprint density at radius 2 is 2.30 bits per heavy atom. The summed E-state index contributed by atoms with van der Waals surface area (Å²) < 4.78 is 14.4. The molecule has 6 nitrogen and oxygen atoms in total. The second-order valence-electron chi connectivity index (χ2n) is 4.88. The van der Waals surface area contributed by atoms with Crippen LogP contribution in [0.4, 0.5) is 10.8 Å². The minimum Gasteiger partial charge on any atom is -0.462 e. The molecule has 1 aromatic rings. The number of nitrogens with zero attached hydrogens (tertiary/aromatic N) is 1. The van der Waals surface area contributed by atoms with Gasteiger partial charge in [-0.3, -0.25) is 0 Å². The summed E-state index contributed by atoms with van der Waals surface area (Å²) in [4.78, 5) is 11.9. The van der Waals surface area contributed by atoms with Crippen molar-refractivity contribution in [2.24, 2.45) is 5.92 Å². The van der Waals surface area contributed by atoms with Crippen molar-refractivity contribution in [2.45, 2.75) is 32.7 Å².